The van der Waals surface area contributed by atoms with Gasteiger partial charge in [-0.05, 0) is 44.0 Å². The molecule has 0 radical (unpaired) electrons. The van der Waals surface area contributed by atoms with E-state index in [9.17, 15) is 4.79 Å². The van der Waals surface area contributed by atoms with Crippen molar-refractivity contribution in [2.45, 2.75) is 12.8 Å². The summed E-state index contributed by atoms with van der Waals surface area (Å²) in [6.45, 7) is 2.88. The van der Waals surface area contributed by atoms with Crippen LogP contribution in [0.25, 0.3) is 16.9 Å². The molecule has 1 atom stereocenters. The van der Waals surface area contributed by atoms with Crippen LogP contribution in [-0.2, 0) is 0 Å². The van der Waals surface area contributed by atoms with E-state index in [1.165, 1.54) is 19.0 Å². The van der Waals surface area contributed by atoms with Gasteiger partial charge in [0.1, 0.15) is 5.56 Å². The number of nitrogens with two attached hydrogens (primary N) is 1. The van der Waals surface area contributed by atoms with E-state index in [1.807, 2.05) is 30.5 Å². The Bertz CT molecular complexity index is 962. The Hall–Kier alpha value is -2.64. The lowest BCUT2D eigenvalue weighted by molar-refractivity contribution is 0.100. The van der Waals surface area contributed by atoms with Crippen LogP contribution in [0.1, 0.15) is 23.2 Å². The molecule has 8 heteroatoms. The topological polar surface area (TPSA) is 97.3 Å². The first-order valence-electron chi connectivity index (χ1n) is 9.00. The fraction of sp³-hybridized carbons (Fsp3) is 0.316. The van der Waals surface area contributed by atoms with E-state index in [0.29, 0.717) is 28.1 Å². The van der Waals surface area contributed by atoms with Gasteiger partial charge in [0, 0.05) is 29.5 Å². The Kier molecular flexibility index (Phi) is 4.96. The number of halogens is 1. The SMILES string of the molecule is NC(=O)c1cnc(NCC2CCCNC2)n2cc(-c3ccc(Cl)cc3)nc12. The van der Waals surface area contributed by atoms with Gasteiger partial charge >= 0.3 is 0 Å². The van der Waals surface area contributed by atoms with Gasteiger partial charge in [-0.2, -0.15) is 0 Å². The first-order valence-corrected chi connectivity index (χ1v) is 9.38. The Labute approximate surface area is 161 Å². The fourth-order valence-corrected chi connectivity index (χ4v) is 3.50. The van der Waals surface area contributed by atoms with Gasteiger partial charge in [0.2, 0.25) is 5.95 Å². The highest BCUT2D eigenvalue weighted by Gasteiger charge is 2.17. The third-order valence-electron chi connectivity index (χ3n) is 4.84. The zero-order chi connectivity index (χ0) is 18.8. The summed E-state index contributed by atoms with van der Waals surface area (Å²) in [5, 5.41) is 7.46. The van der Waals surface area contributed by atoms with Crippen molar-refractivity contribution in [3.8, 4) is 11.3 Å². The lowest BCUT2D eigenvalue weighted by Crippen LogP contribution is -2.33. The van der Waals surface area contributed by atoms with Gasteiger partial charge < -0.3 is 16.4 Å². The van der Waals surface area contributed by atoms with E-state index in [2.05, 4.69) is 20.6 Å². The van der Waals surface area contributed by atoms with Crippen LogP contribution < -0.4 is 16.4 Å². The van der Waals surface area contributed by atoms with Crippen LogP contribution >= 0.6 is 11.6 Å². The summed E-state index contributed by atoms with van der Waals surface area (Å²) in [5.74, 6) is 0.641. The number of anilines is 1. The van der Waals surface area contributed by atoms with Crippen LogP contribution in [0.2, 0.25) is 5.02 Å². The van der Waals surface area contributed by atoms with E-state index in [4.69, 9.17) is 17.3 Å². The molecule has 3 heterocycles. The Morgan fingerprint density at radius 2 is 2.19 bits per heavy atom. The number of primary amides is 1. The summed E-state index contributed by atoms with van der Waals surface area (Å²) in [4.78, 5) is 20.8. The van der Waals surface area contributed by atoms with E-state index in [0.717, 1.165) is 30.9 Å². The fourth-order valence-electron chi connectivity index (χ4n) is 3.38. The molecule has 4 rings (SSSR count). The molecule has 0 bridgehead atoms. The van der Waals surface area contributed by atoms with Gasteiger partial charge in [-0.25, -0.2) is 9.97 Å². The molecule has 4 N–H and O–H groups in total. The molecule has 1 saturated heterocycles. The molecule has 7 nitrogen and oxygen atoms in total. The molecule has 1 unspecified atom stereocenters. The zero-order valence-electron chi connectivity index (χ0n) is 14.8. The quantitative estimate of drug-likeness (QED) is 0.628. The Morgan fingerprint density at radius 1 is 1.37 bits per heavy atom. The number of rotatable bonds is 5. The molecule has 0 saturated carbocycles. The summed E-state index contributed by atoms with van der Waals surface area (Å²) in [6, 6.07) is 7.40. The van der Waals surface area contributed by atoms with Crippen molar-refractivity contribution in [2.75, 3.05) is 25.0 Å². The van der Waals surface area contributed by atoms with Crippen molar-refractivity contribution in [3.63, 3.8) is 0 Å². The van der Waals surface area contributed by atoms with Gasteiger partial charge in [0.25, 0.3) is 5.91 Å². The normalized spacial score (nSPS) is 17.1. The third kappa shape index (κ3) is 3.74. The second-order valence-electron chi connectivity index (χ2n) is 6.78. The highest BCUT2D eigenvalue weighted by atomic mass is 35.5. The Morgan fingerprint density at radius 3 is 2.89 bits per heavy atom. The summed E-state index contributed by atoms with van der Waals surface area (Å²) in [6.07, 6.45) is 5.71. The number of carbonyl (C=O) groups is 1. The molecule has 2 aromatic heterocycles. The molecule has 0 spiro atoms. The number of piperidine rings is 1. The van der Waals surface area contributed by atoms with Gasteiger partial charge in [-0.15, -0.1) is 0 Å². The van der Waals surface area contributed by atoms with Crippen LogP contribution in [0.15, 0.2) is 36.7 Å². The van der Waals surface area contributed by atoms with Crippen LogP contribution in [0.3, 0.4) is 0 Å². The number of aromatic nitrogens is 3. The number of hydrogen-bond donors (Lipinski definition) is 3. The Balaban J connectivity index is 1.70. The highest BCUT2D eigenvalue weighted by Crippen LogP contribution is 2.24. The number of hydrogen-bond acceptors (Lipinski definition) is 5. The number of benzene rings is 1. The molecule has 140 valence electrons. The van der Waals surface area contributed by atoms with Crippen molar-refractivity contribution in [1.29, 1.82) is 0 Å². The predicted molar refractivity (Wildman–Crippen MR) is 106 cm³/mol. The van der Waals surface area contributed by atoms with E-state index >= 15 is 0 Å². The molecule has 1 aromatic carbocycles. The standard InChI is InChI=1S/C19H21ClN6O/c20-14-5-3-13(4-6-14)16-11-26-18(25-16)15(17(21)27)10-24-19(26)23-9-12-2-1-7-22-8-12/h3-6,10-12,22H,1-2,7-9H2,(H2,21,27)(H,23,24). The van der Waals surface area contributed by atoms with Crippen LogP contribution in [0.4, 0.5) is 5.95 Å². The van der Waals surface area contributed by atoms with Crippen LogP contribution in [0, 0.1) is 5.92 Å². The maximum Gasteiger partial charge on any atom is 0.254 e. The van der Waals surface area contributed by atoms with Crippen molar-refractivity contribution in [1.82, 2.24) is 19.7 Å². The van der Waals surface area contributed by atoms with Crippen molar-refractivity contribution in [3.05, 3.63) is 47.2 Å². The van der Waals surface area contributed by atoms with Crippen LogP contribution in [-0.4, -0.2) is 39.9 Å². The first kappa shape index (κ1) is 17.8. The molecule has 3 aromatic rings. The summed E-state index contributed by atoms with van der Waals surface area (Å²) < 4.78 is 1.79. The van der Waals surface area contributed by atoms with Crippen molar-refractivity contribution < 1.29 is 4.79 Å². The average molecular weight is 385 g/mol. The first-order chi connectivity index (χ1) is 13.1. The van der Waals surface area contributed by atoms with Gasteiger partial charge in [-0.1, -0.05) is 23.7 Å². The average Bonchev–Trinajstić information content (AvgIpc) is 3.12. The van der Waals surface area contributed by atoms with Crippen molar-refractivity contribution in [2.24, 2.45) is 11.7 Å². The third-order valence-corrected chi connectivity index (χ3v) is 5.10. The van der Waals surface area contributed by atoms with E-state index in [1.54, 1.807) is 4.40 Å². The monoisotopic (exact) mass is 384 g/mol. The van der Waals surface area contributed by atoms with E-state index < -0.39 is 5.91 Å². The number of fused-ring (bicyclic) bond motifs is 1. The maximum atomic E-state index is 11.8. The number of nitrogens with zero attached hydrogens (tertiary/aromatic N) is 3. The maximum absolute atomic E-state index is 11.8. The molecule has 1 aliphatic rings. The lowest BCUT2D eigenvalue weighted by Gasteiger charge is -2.23. The lowest BCUT2D eigenvalue weighted by atomic mass is 10.00. The smallest absolute Gasteiger partial charge is 0.254 e. The molecule has 1 fully saturated rings. The minimum Gasteiger partial charge on any atom is -0.365 e. The number of imidazole rings is 1. The molecular formula is C19H21ClN6O. The van der Waals surface area contributed by atoms with Gasteiger partial charge in [0.05, 0.1) is 5.69 Å². The molecular weight excluding hydrogens is 364 g/mol. The molecule has 0 aliphatic carbocycles. The summed E-state index contributed by atoms with van der Waals surface area (Å²) in [7, 11) is 0. The second-order valence-corrected chi connectivity index (χ2v) is 7.22. The number of amides is 1. The number of carbonyl (C=O) groups excluding carboxylic acids is 1. The molecule has 27 heavy (non-hydrogen) atoms. The van der Waals surface area contributed by atoms with E-state index in [-0.39, 0.29) is 0 Å². The largest absolute Gasteiger partial charge is 0.365 e. The predicted octanol–water partition coefficient (Wildman–Crippen LogP) is 2.56. The van der Waals surface area contributed by atoms with Crippen LogP contribution in [0.5, 0.6) is 0 Å². The van der Waals surface area contributed by atoms with Gasteiger partial charge in [0.15, 0.2) is 5.65 Å². The summed E-state index contributed by atoms with van der Waals surface area (Å²) in [5.41, 5.74) is 7.92. The number of nitrogens with one attached hydrogen (secondary N) is 2. The minimum atomic E-state index is -0.552. The van der Waals surface area contributed by atoms with Crippen molar-refractivity contribution >= 4 is 29.1 Å². The minimum absolute atomic E-state index is 0.292. The van der Waals surface area contributed by atoms with Gasteiger partial charge in [-0.3, -0.25) is 9.20 Å². The molecule has 1 amide bonds. The zero-order valence-corrected chi connectivity index (χ0v) is 15.5. The second kappa shape index (κ2) is 7.54. The highest BCUT2D eigenvalue weighted by molar-refractivity contribution is 6.30. The summed E-state index contributed by atoms with van der Waals surface area (Å²) >= 11 is 5.97. The molecule has 1 aliphatic heterocycles.